The smallest absolute Gasteiger partial charge is 0.340 e. The quantitative estimate of drug-likeness (QED) is 0.287. The minimum atomic E-state index is -0.475. The first-order valence-corrected chi connectivity index (χ1v) is 11.7. The maximum atomic E-state index is 13.5. The first-order chi connectivity index (χ1) is 15.6. The standard InChI is InChI=1S/C29H32O4/c1-17(2)19-11-7-9-13-23(19)32-27(30)25-21-15-16-22(29(21,5)6)26(25)28(31)33-24-14-10-8-12-20(24)18(3)4/h7-18,21-22H,1-6H3. The van der Waals surface area contributed by atoms with Gasteiger partial charge >= 0.3 is 11.9 Å². The second kappa shape index (κ2) is 8.66. The zero-order valence-corrected chi connectivity index (χ0v) is 20.2. The van der Waals surface area contributed by atoms with Crippen LogP contribution in [0.3, 0.4) is 0 Å². The van der Waals surface area contributed by atoms with Gasteiger partial charge in [-0.25, -0.2) is 9.59 Å². The fourth-order valence-corrected chi connectivity index (χ4v) is 5.07. The summed E-state index contributed by atoms with van der Waals surface area (Å²) in [5, 5.41) is 0. The summed E-state index contributed by atoms with van der Waals surface area (Å²) in [5.74, 6) is 0.148. The summed E-state index contributed by atoms with van der Waals surface area (Å²) in [5.41, 5.74) is 2.45. The predicted octanol–water partition coefficient (Wildman–Crippen LogP) is 6.58. The van der Waals surface area contributed by atoms with E-state index < -0.39 is 11.9 Å². The molecule has 2 atom stereocenters. The number of hydrogen-bond donors (Lipinski definition) is 0. The van der Waals surface area contributed by atoms with E-state index in [0.717, 1.165) is 11.1 Å². The van der Waals surface area contributed by atoms with E-state index in [-0.39, 0.29) is 29.1 Å². The Labute approximate surface area is 196 Å². The van der Waals surface area contributed by atoms with Gasteiger partial charge in [0.25, 0.3) is 0 Å². The minimum Gasteiger partial charge on any atom is -0.423 e. The van der Waals surface area contributed by atoms with Gasteiger partial charge in [-0.1, -0.05) is 90.1 Å². The summed E-state index contributed by atoms with van der Waals surface area (Å²) < 4.78 is 11.8. The Kier molecular flexibility index (Phi) is 6.04. The largest absolute Gasteiger partial charge is 0.423 e. The second-order valence-corrected chi connectivity index (χ2v) is 10.2. The van der Waals surface area contributed by atoms with Crippen LogP contribution in [0.25, 0.3) is 0 Å². The van der Waals surface area contributed by atoms with E-state index in [1.807, 2.05) is 48.6 Å². The van der Waals surface area contributed by atoms with E-state index in [1.165, 1.54) is 0 Å². The Balaban J connectivity index is 1.71. The minimum absolute atomic E-state index is 0.191. The van der Waals surface area contributed by atoms with Crippen LogP contribution in [-0.4, -0.2) is 11.9 Å². The number of allylic oxidation sites excluding steroid dienone is 2. The molecule has 0 fully saturated rings. The number of hydrogen-bond acceptors (Lipinski definition) is 4. The van der Waals surface area contributed by atoms with Crippen molar-refractivity contribution >= 4 is 11.9 Å². The van der Waals surface area contributed by atoms with E-state index in [9.17, 15) is 9.59 Å². The van der Waals surface area contributed by atoms with E-state index >= 15 is 0 Å². The van der Waals surface area contributed by atoms with Gasteiger partial charge in [0.15, 0.2) is 0 Å². The lowest BCUT2D eigenvalue weighted by atomic mass is 9.77. The molecule has 0 aromatic heterocycles. The molecule has 2 aliphatic rings. The van der Waals surface area contributed by atoms with Crippen LogP contribution in [0.4, 0.5) is 0 Å². The summed E-state index contributed by atoms with van der Waals surface area (Å²) in [7, 11) is 0. The molecule has 0 radical (unpaired) electrons. The number of carbonyl (C=O) groups is 2. The van der Waals surface area contributed by atoms with Crippen molar-refractivity contribution in [3.63, 3.8) is 0 Å². The van der Waals surface area contributed by atoms with E-state index in [0.29, 0.717) is 22.6 Å². The lowest BCUT2D eigenvalue weighted by molar-refractivity contribution is -0.133. The average molecular weight is 445 g/mol. The van der Waals surface area contributed by atoms with Gasteiger partial charge in [0.05, 0.1) is 11.1 Å². The van der Waals surface area contributed by atoms with Crippen LogP contribution >= 0.6 is 0 Å². The lowest BCUT2D eigenvalue weighted by Gasteiger charge is -2.26. The molecule has 0 spiro atoms. The van der Waals surface area contributed by atoms with Crippen LogP contribution in [0, 0.1) is 17.3 Å². The third-order valence-corrected chi connectivity index (χ3v) is 6.94. The van der Waals surface area contributed by atoms with Crippen molar-refractivity contribution in [2.24, 2.45) is 17.3 Å². The fraction of sp³-hybridized carbons (Fsp3) is 0.379. The molecule has 0 amide bonds. The highest BCUT2D eigenvalue weighted by molar-refractivity contribution is 6.05. The summed E-state index contributed by atoms with van der Waals surface area (Å²) in [4.78, 5) is 27.0. The molecule has 2 aromatic carbocycles. The first-order valence-electron chi connectivity index (χ1n) is 11.7. The van der Waals surface area contributed by atoms with Gasteiger partial charge in [-0.2, -0.15) is 0 Å². The molecule has 0 heterocycles. The number of carbonyl (C=O) groups excluding carboxylic acids is 2. The van der Waals surface area contributed by atoms with Crippen LogP contribution in [0.15, 0.2) is 71.8 Å². The van der Waals surface area contributed by atoms with Gasteiger partial charge in [0.2, 0.25) is 0 Å². The second-order valence-electron chi connectivity index (χ2n) is 10.2. The van der Waals surface area contributed by atoms with Crippen molar-refractivity contribution in [3.8, 4) is 11.5 Å². The summed E-state index contributed by atoms with van der Waals surface area (Å²) >= 11 is 0. The van der Waals surface area contributed by atoms with Crippen LogP contribution in [-0.2, 0) is 9.59 Å². The number of rotatable bonds is 6. The number of esters is 2. The van der Waals surface area contributed by atoms with Gasteiger partial charge in [-0.15, -0.1) is 0 Å². The van der Waals surface area contributed by atoms with E-state index in [1.54, 1.807) is 12.1 Å². The zero-order valence-electron chi connectivity index (χ0n) is 20.2. The Morgan fingerprint density at radius 2 is 1.06 bits per heavy atom. The Morgan fingerprint density at radius 1 is 0.697 bits per heavy atom. The Bertz CT molecular complexity index is 1060. The topological polar surface area (TPSA) is 52.6 Å². The molecule has 4 nitrogen and oxygen atoms in total. The molecule has 2 unspecified atom stereocenters. The number of para-hydroxylation sites is 2. The number of fused-ring (bicyclic) bond motifs is 2. The molecule has 4 rings (SSSR count). The molecule has 33 heavy (non-hydrogen) atoms. The fourth-order valence-electron chi connectivity index (χ4n) is 5.07. The molecule has 0 saturated carbocycles. The van der Waals surface area contributed by atoms with Crippen LogP contribution < -0.4 is 9.47 Å². The maximum absolute atomic E-state index is 13.5. The third-order valence-electron chi connectivity index (χ3n) is 6.94. The molecular formula is C29H32O4. The predicted molar refractivity (Wildman–Crippen MR) is 129 cm³/mol. The van der Waals surface area contributed by atoms with Crippen molar-refractivity contribution in [2.75, 3.05) is 0 Å². The van der Waals surface area contributed by atoms with Crippen molar-refractivity contribution < 1.29 is 19.1 Å². The molecule has 4 heteroatoms. The Hall–Kier alpha value is -3.14. The van der Waals surface area contributed by atoms with E-state index in [4.69, 9.17) is 9.47 Å². The summed E-state index contributed by atoms with van der Waals surface area (Å²) in [6.45, 7) is 12.4. The van der Waals surface area contributed by atoms with Crippen LogP contribution in [0.2, 0.25) is 0 Å². The first kappa shape index (κ1) is 23.0. The zero-order chi connectivity index (χ0) is 23.9. The van der Waals surface area contributed by atoms with Gasteiger partial charge < -0.3 is 9.47 Å². The van der Waals surface area contributed by atoms with Crippen molar-refractivity contribution in [1.82, 2.24) is 0 Å². The third kappa shape index (κ3) is 4.03. The highest BCUT2D eigenvalue weighted by Crippen LogP contribution is 2.57. The lowest BCUT2D eigenvalue weighted by Crippen LogP contribution is -2.24. The monoisotopic (exact) mass is 444 g/mol. The molecule has 2 aromatic rings. The number of ether oxygens (including phenoxy) is 2. The summed E-state index contributed by atoms with van der Waals surface area (Å²) in [6.07, 6.45) is 4.04. The highest BCUT2D eigenvalue weighted by atomic mass is 16.5. The molecular weight excluding hydrogens is 412 g/mol. The van der Waals surface area contributed by atoms with Crippen LogP contribution in [0.1, 0.15) is 64.5 Å². The van der Waals surface area contributed by atoms with E-state index in [2.05, 4.69) is 41.5 Å². The molecule has 0 aliphatic heterocycles. The van der Waals surface area contributed by atoms with Crippen LogP contribution in [0.5, 0.6) is 11.5 Å². The molecule has 2 bridgehead atoms. The highest BCUT2D eigenvalue weighted by Gasteiger charge is 2.55. The van der Waals surface area contributed by atoms with Gasteiger partial charge in [-0.05, 0) is 40.5 Å². The Morgan fingerprint density at radius 3 is 1.42 bits per heavy atom. The molecule has 0 saturated heterocycles. The number of benzene rings is 2. The normalized spacial score (nSPS) is 20.6. The van der Waals surface area contributed by atoms with Gasteiger partial charge in [-0.3, -0.25) is 0 Å². The van der Waals surface area contributed by atoms with Crippen molar-refractivity contribution in [3.05, 3.63) is 83.0 Å². The van der Waals surface area contributed by atoms with Crippen molar-refractivity contribution in [2.45, 2.75) is 53.4 Å². The maximum Gasteiger partial charge on any atom is 0.340 e. The summed E-state index contributed by atoms with van der Waals surface area (Å²) in [6, 6.07) is 15.1. The van der Waals surface area contributed by atoms with Gasteiger partial charge in [0, 0.05) is 11.8 Å². The van der Waals surface area contributed by atoms with Crippen molar-refractivity contribution in [1.29, 1.82) is 0 Å². The SMILES string of the molecule is CC(C)c1ccccc1OC(=O)C1=C(C(=O)Oc2ccccc2C(C)C)C2C=CC1C2(C)C. The van der Waals surface area contributed by atoms with Gasteiger partial charge in [0.1, 0.15) is 11.5 Å². The average Bonchev–Trinajstić information content (AvgIpc) is 3.19. The molecule has 0 N–H and O–H groups in total. The molecule has 172 valence electrons. The molecule has 2 aliphatic carbocycles.